The summed E-state index contributed by atoms with van der Waals surface area (Å²) in [6.45, 7) is 0. The summed E-state index contributed by atoms with van der Waals surface area (Å²) in [5, 5.41) is 2.00. The van der Waals surface area contributed by atoms with Gasteiger partial charge < -0.3 is 4.79 Å². The van der Waals surface area contributed by atoms with Gasteiger partial charge in [-0.15, -0.1) is 11.3 Å². The number of hydrogen-bond donors (Lipinski definition) is 0. The monoisotopic (exact) mass is 217 g/mol. The second kappa shape index (κ2) is 4.84. The summed E-state index contributed by atoms with van der Waals surface area (Å²) in [5.41, 5.74) is 1.10. The van der Waals surface area contributed by atoms with E-state index in [4.69, 9.17) is 0 Å². The quantitative estimate of drug-likeness (QED) is 0.737. The molecule has 1 unspecified atom stereocenters. The highest BCUT2D eigenvalue weighted by molar-refractivity contribution is 7.10. The van der Waals surface area contributed by atoms with E-state index >= 15 is 0 Å². The Balaban J connectivity index is 2.13. The molecule has 0 saturated carbocycles. The molecule has 0 aliphatic heterocycles. The molecule has 76 valence electrons. The van der Waals surface area contributed by atoms with Crippen LogP contribution in [0.5, 0.6) is 0 Å². The van der Waals surface area contributed by atoms with E-state index in [1.807, 2.05) is 35.8 Å². The van der Waals surface area contributed by atoms with Crippen LogP contribution < -0.4 is 0 Å². The average Bonchev–Trinajstić information content (AvgIpc) is 2.81. The van der Waals surface area contributed by atoms with Crippen LogP contribution in [0.4, 0.5) is 0 Å². The van der Waals surface area contributed by atoms with E-state index in [1.54, 1.807) is 17.5 Å². The van der Waals surface area contributed by atoms with E-state index in [2.05, 4.69) is 4.98 Å². The van der Waals surface area contributed by atoms with Crippen LogP contribution in [0.25, 0.3) is 0 Å². The van der Waals surface area contributed by atoms with Crippen LogP contribution in [0.1, 0.15) is 16.4 Å². The lowest BCUT2D eigenvalue weighted by Crippen LogP contribution is -2.02. The summed E-state index contributed by atoms with van der Waals surface area (Å²) in [6, 6.07) is 7.86. The minimum Gasteiger partial charge on any atom is -0.303 e. The Labute approximate surface area is 92.6 Å². The van der Waals surface area contributed by atoms with Crippen molar-refractivity contribution in [3.05, 3.63) is 52.5 Å². The summed E-state index contributed by atoms with van der Waals surface area (Å²) < 4.78 is 0. The molecule has 0 aromatic carbocycles. The molecule has 1 atom stereocenters. The summed E-state index contributed by atoms with van der Waals surface area (Å²) >= 11 is 1.62. The topological polar surface area (TPSA) is 30.0 Å². The molecule has 0 spiro atoms. The van der Waals surface area contributed by atoms with Crippen molar-refractivity contribution in [3.63, 3.8) is 0 Å². The standard InChI is InChI=1S/C12H11NOS/c14-9-11(12-4-2-6-15-12)7-10-3-1-5-13-8-10/h1-6,8-9,11H,7H2. The van der Waals surface area contributed by atoms with Crippen molar-refractivity contribution in [2.45, 2.75) is 12.3 Å². The molecule has 2 aromatic heterocycles. The molecule has 0 aliphatic rings. The molecule has 0 bridgehead atoms. The summed E-state index contributed by atoms with van der Waals surface area (Å²) in [5.74, 6) is -0.0331. The highest BCUT2D eigenvalue weighted by Crippen LogP contribution is 2.22. The van der Waals surface area contributed by atoms with Crippen molar-refractivity contribution >= 4 is 17.6 Å². The predicted molar refractivity (Wildman–Crippen MR) is 61.1 cm³/mol. The van der Waals surface area contributed by atoms with Crippen LogP contribution in [-0.2, 0) is 11.2 Å². The van der Waals surface area contributed by atoms with Gasteiger partial charge in [0.05, 0.1) is 5.92 Å². The highest BCUT2D eigenvalue weighted by atomic mass is 32.1. The third-order valence-corrected chi connectivity index (χ3v) is 3.26. The third kappa shape index (κ3) is 2.50. The number of carbonyl (C=O) groups excluding carboxylic acids is 1. The van der Waals surface area contributed by atoms with Gasteiger partial charge in [-0.05, 0) is 29.5 Å². The van der Waals surface area contributed by atoms with Gasteiger partial charge in [0.15, 0.2) is 0 Å². The number of hydrogen-bond acceptors (Lipinski definition) is 3. The zero-order valence-electron chi connectivity index (χ0n) is 8.17. The minimum absolute atomic E-state index is 0.0331. The van der Waals surface area contributed by atoms with E-state index in [-0.39, 0.29) is 5.92 Å². The number of carbonyl (C=O) groups is 1. The van der Waals surface area contributed by atoms with Crippen LogP contribution >= 0.6 is 11.3 Å². The normalized spacial score (nSPS) is 12.3. The Hall–Kier alpha value is -1.48. The predicted octanol–water partition coefficient (Wildman–Crippen LogP) is 2.67. The maximum atomic E-state index is 11.0. The molecular formula is C12H11NOS. The Morgan fingerprint density at radius 2 is 2.33 bits per heavy atom. The second-order valence-corrected chi connectivity index (χ2v) is 4.30. The number of aldehydes is 1. The summed E-state index contributed by atoms with van der Waals surface area (Å²) in [6.07, 6.45) is 5.30. The lowest BCUT2D eigenvalue weighted by molar-refractivity contribution is -0.109. The van der Waals surface area contributed by atoms with Crippen molar-refractivity contribution in [1.29, 1.82) is 0 Å². The Morgan fingerprint density at radius 3 is 2.93 bits per heavy atom. The molecule has 2 rings (SSSR count). The van der Waals surface area contributed by atoms with Crippen molar-refractivity contribution in [2.24, 2.45) is 0 Å². The van der Waals surface area contributed by atoms with Crippen molar-refractivity contribution in [3.8, 4) is 0 Å². The van der Waals surface area contributed by atoms with Crippen molar-refractivity contribution < 1.29 is 4.79 Å². The molecule has 0 aliphatic carbocycles. The van der Waals surface area contributed by atoms with E-state index in [9.17, 15) is 4.79 Å². The highest BCUT2D eigenvalue weighted by Gasteiger charge is 2.11. The van der Waals surface area contributed by atoms with Crippen molar-refractivity contribution in [1.82, 2.24) is 4.98 Å². The van der Waals surface area contributed by atoms with Gasteiger partial charge in [-0.25, -0.2) is 0 Å². The molecule has 0 fully saturated rings. The Morgan fingerprint density at radius 1 is 1.40 bits per heavy atom. The number of thiophene rings is 1. The zero-order valence-corrected chi connectivity index (χ0v) is 8.98. The molecule has 15 heavy (non-hydrogen) atoms. The van der Waals surface area contributed by atoms with E-state index in [1.165, 1.54) is 0 Å². The number of rotatable bonds is 4. The van der Waals surface area contributed by atoms with Gasteiger partial charge >= 0.3 is 0 Å². The van der Waals surface area contributed by atoms with Crippen LogP contribution in [0.2, 0.25) is 0 Å². The summed E-state index contributed by atoms with van der Waals surface area (Å²) in [4.78, 5) is 16.2. The van der Waals surface area contributed by atoms with Crippen molar-refractivity contribution in [2.75, 3.05) is 0 Å². The zero-order chi connectivity index (χ0) is 10.5. The van der Waals surface area contributed by atoms with Gasteiger partial charge in [-0.2, -0.15) is 0 Å². The first kappa shape index (κ1) is 10.1. The molecule has 0 radical (unpaired) electrons. The van der Waals surface area contributed by atoms with Gasteiger partial charge in [0.25, 0.3) is 0 Å². The molecule has 2 aromatic rings. The van der Waals surface area contributed by atoms with Gasteiger partial charge in [0.2, 0.25) is 0 Å². The van der Waals surface area contributed by atoms with Gasteiger partial charge in [0.1, 0.15) is 6.29 Å². The largest absolute Gasteiger partial charge is 0.303 e. The lowest BCUT2D eigenvalue weighted by Gasteiger charge is -2.07. The first-order valence-corrected chi connectivity index (χ1v) is 5.65. The third-order valence-electron chi connectivity index (χ3n) is 2.25. The number of aromatic nitrogens is 1. The maximum absolute atomic E-state index is 11.0. The van der Waals surface area contributed by atoms with Crippen LogP contribution in [0.15, 0.2) is 42.0 Å². The first-order chi connectivity index (χ1) is 7.40. The fraction of sp³-hybridized carbons (Fsp3) is 0.167. The average molecular weight is 217 g/mol. The molecule has 2 nitrogen and oxygen atoms in total. The van der Waals surface area contributed by atoms with E-state index in [0.717, 1.165) is 23.1 Å². The molecule has 0 amide bonds. The van der Waals surface area contributed by atoms with Gasteiger partial charge in [-0.3, -0.25) is 4.98 Å². The first-order valence-electron chi connectivity index (χ1n) is 4.78. The lowest BCUT2D eigenvalue weighted by atomic mass is 10.0. The molecule has 0 N–H and O–H groups in total. The van der Waals surface area contributed by atoms with Gasteiger partial charge in [-0.1, -0.05) is 12.1 Å². The summed E-state index contributed by atoms with van der Waals surface area (Å²) in [7, 11) is 0. The molecule has 0 saturated heterocycles. The fourth-order valence-corrected chi connectivity index (χ4v) is 2.28. The van der Waals surface area contributed by atoms with E-state index < -0.39 is 0 Å². The van der Waals surface area contributed by atoms with E-state index in [0.29, 0.717) is 0 Å². The van der Waals surface area contributed by atoms with Crippen LogP contribution in [0, 0.1) is 0 Å². The Kier molecular flexibility index (Phi) is 3.25. The smallest absolute Gasteiger partial charge is 0.128 e. The number of pyridine rings is 1. The van der Waals surface area contributed by atoms with Crippen LogP contribution in [-0.4, -0.2) is 11.3 Å². The minimum atomic E-state index is -0.0331. The molecule has 3 heteroatoms. The second-order valence-electron chi connectivity index (χ2n) is 3.32. The fourth-order valence-electron chi connectivity index (χ4n) is 1.49. The molecular weight excluding hydrogens is 206 g/mol. The maximum Gasteiger partial charge on any atom is 0.128 e. The molecule has 2 heterocycles. The SMILES string of the molecule is O=CC(Cc1cccnc1)c1cccs1. The Bertz CT molecular complexity index is 410. The van der Waals surface area contributed by atoms with Crippen LogP contribution in [0.3, 0.4) is 0 Å². The van der Waals surface area contributed by atoms with Gasteiger partial charge in [0, 0.05) is 17.3 Å². The number of nitrogens with zero attached hydrogens (tertiary/aromatic N) is 1.